The van der Waals surface area contributed by atoms with Crippen molar-refractivity contribution in [1.29, 1.82) is 5.26 Å². The van der Waals surface area contributed by atoms with E-state index in [0.717, 1.165) is 5.39 Å². The van der Waals surface area contributed by atoms with Crippen molar-refractivity contribution >= 4 is 16.9 Å². The van der Waals surface area contributed by atoms with Gasteiger partial charge >= 0.3 is 0 Å². The van der Waals surface area contributed by atoms with Crippen molar-refractivity contribution in [3.63, 3.8) is 0 Å². The summed E-state index contributed by atoms with van der Waals surface area (Å²) in [5, 5.41) is 12.7. The van der Waals surface area contributed by atoms with Gasteiger partial charge in [-0.15, -0.1) is 0 Å². The molecule has 0 saturated carbocycles. The van der Waals surface area contributed by atoms with Gasteiger partial charge in [0, 0.05) is 17.0 Å². The van der Waals surface area contributed by atoms with Crippen molar-refractivity contribution < 1.29 is 18.3 Å². The van der Waals surface area contributed by atoms with E-state index in [0.29, 0.717) is 22.5 Å². The van der Waals surface area contributed by atoms with Crippen LogP contribution in [-0.2, 0) is 11.2 Å². The fourth-order valence-corrected chi connectivity index (χ4v) is 2.56. The summed E-state index contributed by atoms with van der Waals surface area (Å²) in [4.78, 5) is 12.3. The van der Waals surface area contributed by atoms with E-state index in [1.54, 1.807) is 19.2 Å². The van der Waals surface area contributed by atoms with E-state index < -0.39 is 11.9 Å². The second-order valence-electron chi connectivity index (χ2n) is 5.48. The van der Waals surface area contributed by atoms with Crippen LogP contribution in [0.4, 0.5) is 4.39 Å². The van der Waals surface area contributed by atoms with Crippen LogP contribution >= 0.6 is 0 Å². The molecule has 6 heteroatoms. The van der Waals surface area contributed by atoms with Crippen molar-refractivity contribution in [1.82, 2.24) is 5.32 Å². The molecule has 0 bridgehead atoms. The summed E-state index contributed by atoms with van der Waals surface area (Å²) in [6, 6.07) is 12.0. The second-order valence-corrected chi connectivity index (χ2v) is 5.48. The lowest BCUT2D eigenvalue weighted by atomic mass is 10.1. The summed E-state index contributed by atoms with van der Waals surface area (Å²) >= 11 is 0. The lowest BCUT2D eigenvalue weighted by molar-refractivity contribution is -0.120. The molecule has 0 spiro atoms. The normalized spacial score (nSPS) is 11.7. The van der Waals surface area contributed by atoms with E-state index in [4.69, 9.17) is 9.15 Å². The van der Waals surface area contributed by atoms with Crippen LogP contribution in [0.1, 0.15) is 17.2 Å². The summed E-state index contributed by atoms with van der Waals surface area (Å²) in [6.07, 6.45) is 1.58. The van der Waals surface area contributed by atoms with E-state index in [2.05, 4.69) is 5.32 Å². The third-order valence-electron chi connectivity index (χ3n) is 3.85. The number of carbonyl (C=O) groups is 1. The molecular weight excluding hydrogens is 323 g/mol. The molecule has 1 atom stereocenters. The molecule has 0 radical (unpaired) electrons. The summed E-state index contributed by atoms with van der Waals surface area (Å²) in [7, 11) is 1.57. The lowest BCUT2D eigenvalue weighted by Gasteiger charge is -2.11. The van der Waals surface area contributed by atoms with Gasteiger partial charge in [0.25, 0.3) is 0 Å². The molecule has 0 aliphatic carbocycles. The molecule has 25 heavy (non-hydrogen) atoms. The molecule has 0 fully saturated rings. The quantitative estimate of drug-likeness (QED) is 0.772. The molecule has 2 aromatic carbocycles. The van der Waals surface area contributed by atoms with Crippen LogP contribution in [0.5, 0.6) is 5.75 Å². The van der Waals surface area contributed by atoms with Crippen LogP contribution in [0.15, 0.2) is 53.1 Å². The molecule has 1 aromatic heterocycles. The maximum atomic E-state index is 13.0. The van der Waals surface area contributed by atoms with Gasteiger partial charge in [0.05, 0.1) is 25.9 Å². The van der Waals surface area contributed by atoms with E-state index in [1.165, 1.54) is 30.5 Å². The van der Waals surface area contributed by atoms with Crippen LogP contribution in [0.25, 0.3) is 11.0 Å². The molecule has 1 heterocycles. The molecule has 3 aromatic rings. The highest BCUT2D eigenvalue weighted by molar-refractivity contribution is 5.88. The fourth-order valence-electron chi connectivity index (χ4n) is 2.56. The molecule has 0 aliphatic heterocycles. The van der Waals surface area contributed by atoms with Crippen LogP contribution in [0.2, 0.25) is 0 Å². The number of amides is 1. The molecule has 1 amide bonds. The Balaban J connectivity index is 1.73. The Morgan fingerprint density at radius 2 is 2.08 bits per heavy atom. The smallest absolute Gasteiger partial charge is 0.225 e. The average molecular weight is 338 g/mol. The van der Waals surface area contributed by atoms with E-state index >= 15 is 0 Å². The van der Waals surface area contributed by atoms with Gasteiger partial charge in [-0.25, -0.2) is 4.39 Å². The fraction of sp³-hybridized carbons (Fsp3) is 0.158. The lowest BCUT2D eigenvalue weighted by Crippen LogP contribution is -2.28. The zero-order valence-corrected chi connectivity index (χ0v) is 13.5. The number of nitrogens with one attached hydrogen (secondary N) is 1. The van der Waals surface area contributed by atoms with Gasteiger partial charge in [-0.2, -0.15) is 5.26 Å². The van der Waals surface area contributed by atoms with Crippen LogP contribution < -0.4 is 10.1 Å². The number of hydrogen-bond acceptors (Lipinski definition) is 4. The number of hydrogen-bond donors (Lipinski definition) is 1. The molecular formula is C19H15FN2O3. The van der Waals surface area contributed by atoms with Gasteiger partial charge < -0.3 is 14.5 Å². The van der Waals surface area contributed by atoms with Crippen molar-refractivity contribution in [2.24, 2.45) is 0 Å². The standard InChI is InChI=1S/C19H15FN2O3/c1-24-15-6-7-16-13(11-25-18(16)9-15)8-19(23)22-17(10-21)12-2-4-14(20)5-3-12/h2-7,9,11,17H,8H2,1H3,(H,22,23)/t17-/m0/s1. The van der Waals surface area contributed by atoms with E-state index in [1.807, 2.05) is 12.1 Å². The number of furan rings is 1. The predicted molar refractivity (Wildman–Crippen MR) is 89.4 cm³/mol. The van der Waals surface area contributed by atoms with Crippen LogP contribution in [-0.4, -0.2) is 13.0 Å². The molecule has 0 saturated heterocycles. The molecule has 0 unspecified atom stereocenters. The summed E-state index contributed by atoms with van der Waals surface area (Å²) in [6.45, 7) is 0. The first-order valence-corrected chi connectivity index (χ1v) is 7.59. The van der Waals surface area contributed by atoms with E-state index in [9.17, 15) is 14.4 Å². The zero-order chi connectivity index (χ0) is 17.8. The Morgan fingerprint density at radius 3 is 2.76 bits per heavy atom. The van der Waals surface area contributed by atoms with Crippen LogP contribution in [0, 0.1) is 17.1 Å². The van der Waals surface area contributed by atoms with Crippen molar-refractivity contribution in [3.8, 4) is 11.8 Å². The Hall–Kier alpha value is -3.33. The average Bonchev–Trinajstić information content (AvgIpc) is 3.02. The second kappa shape index (κ2) is 7.05. The topological polar surface area (TPSA) is 75.3 Å². The SMILES string of the molecule is COc1ccc2c(CC(=O)N[C@@H](C#N)c3ccc(F)cc3)coc2c1. The minimum absolute atomic E-state index is 0.0682. The number of ether oxygens (including phenoxy) is 1. The van der Waals surface area contributed by atoms with Crippen molar-refractivity contribution in [2.75, 3.05) is 7.11 Å². The largest absolute Gasteiger partial charge is 0.497 e. The van der Waals surface area contributed by atoms with Gasteiger partial charge in [-0.3, -0.25) is 4.79 Å². The summed E-state index contributed by atoms with van der Waals surface area (Å²) in [5.41, 5.74) is 1.86. The summed E-state index contributed by atoms with van der Waals surface area (Å²) < 4.78 is 23.6. The number of halogens is 1. The third-order valence-corrected chi connectivity index (χ3v) is 3.85. The maximum absolute atomic E-state index is 13.0. The monoisotopic (exact) mass is 338 g/mol. The number of nitriles is 1. The first-order chi connectivity index (χ1) is 12.1. The molecule has 3 rings (SSSR count). The number of methoxy groups -OCH3 is 1. The van der Waals surface area contributed by atoms with E-state index in [-0.39, 0.29) is 12.3 Å². The van der Waals surface area contributed by atoms with Gasteiger partial charge in [0.15, 0.2) is 0 Å². The van der Waals surface area contributed by atoms with Crippen LogP contribution in [0.3, 0.4) is 0 Å². The number of rotatable bonds is 5. The Morgan fingerprint density at radius 1 is 1.32 bits per heavy atom. The number of benzene rings is 2. The minimum atomic E-state index is -0.841. The number of fused-ring (bicyclic) bond motifs is 1. The molecule has 0 aliphatic rings. The molecule has 126 valence electrons. The summed E-state index contributed by atoms with van der Waals surface area (Å²) in [5.74, 6) is -0.0554. The first-order valence-electron chi connectivity index (χ1n) is 7.59. The Labute approximate surface area is 143 Å². The highest BCUT2D eigenvalue weighted by Crippen LogP contribution is 2.26. The highest BCUT2D eigenvalue weighted by atomic mass is 19.1. The van der Waals surface area contributed by atoms with Crippen molar-refractivity contribution in [3.05, 3.63) is 65.7 Å². The first kappa shape index (κ1) is 16.5. The van der Waals surface area contributed by atoms with Gasteiger partial charge in [-0.1, -0.05) is 12.1 Å². The molecule has 1 N–H and O–H groups in total. The third kappa shape index (κ3) is 3.61. The Bertz CT molecular complexity index is 941. The highest BCUT2D eigenvalue weighted by Gasteiger charge is 2.16. The number of carbonyl (C=O) groups excluding carboxylic acids is 1. The van der Waals surface area contributed by atoms with Crippen molar-refractivity contribution in [2.45, 2.75) is 12.5 Å². The Kier molecular flexibility index (Phi) is 4.66. The maximum Gasteiger partial charge on any atom is 0.225 e. The molecule has 5 nitrogen and oxygen atoms in total. The zero-order valence-electron chi connectivity index (χ0n) is 13.5. The predicted octanol–water partition coefficient (Wildman–Crippen LogP) is 3.50. The number of nitrogens with zero attached hydrogens (tertiary/aromatic N) is 1. The minimum Gasteiger partial charge on any atom is -0.497 e. The van der Waals surface area contributed by atoms with Gasteiger partial charge in [0.1, 0.15) is 23.2 Å². The van der Waals surface area contributed by atoms with Gasteiger partial charge in [0.2, 0.25) is 5.91 Å². The van der Waals surface area contributed by atoms with Gasteiger partial charge in [-0.05, 0) is 29.8 Å².